The summed E-state index contributed by atoms with van der Waals surface area (Å²) in [6.45, 7) is 2.52. The quantitative estimate of drug-likeness (QED) is 0.515. The van der Waals surface area contributed by atoms with Gasteiger partial charge in [0.15, 0.2) is 15.5 Å². The number of hydrogen-bond acceptors (Lipinski definition) is 6. The minimum atomic E-state index is -0.133. The zero-order valence-electron chi connectivity index (χ0n) is 17.4. The highest BCUT2D eigenvalue weighted by Crippen LogP contribution is 2.38. The monoisotopic (exact) mass is 444 g/mol. The van der Waals surface area contributed by atoms with E-state index in [0.29, 0.717) is 27.7 Å². The SMILES string of the molecule is COc1cc(CNC(=O)Cn2c(-c3ccc(C)cc3)csc2=S)cc(OC)c1OC. The fraction of sp³-hybridized carbons (Fsp3) is 0.273. The molecular formula is C22H24N2O4S2. The van der Waals surface area contributed by atoms with Gasteiger partial charge in [0.05, 0.1) is 27.0 Å². The molecule has 158 valence electrons. The van der Waals surface area contributed by atoms with Crippen LogP contribution in [0, 0.1) is 10.9 Å². The molecule has 3 aromatic rings. The first-order valence-corrected chi connectivity index (χ1v) is 10.6. The summed E-state index contributed by atoms with van der Waals surface area (Å²) in [7, 11) is 4.67. The summed E-state index contributed by atoms with van der Waals surface area (Å²) in [4.78, 5) is 12.6. The van der Waals surface area contributed by atoms with Gasteiger partial charge in [0.1, 0.15) is 6.54 Å². The molecule has 0 fully saturated rings. The second-order valence-electron chi connectivity index (χ2n) is 6.65. The maximum atomic E-state index is 12.6. The summed E-state index contributed by atoms with van der Waals surface area (Å²) >= 11 is 6.89. The van der Waals surface area contributed by atoms with E-state index in [0.717, 1.165) is 16.8 Å². The largest absolute Gasteiger partial charge is 0.493 e. The van der Waals surface area contributed by atoms with Gasteiger partial charge < -0.3 is 24.1 Å². The van der Waals surface area contributed by atoms with Gasteiger partial charge in [-0.05, 0) is 42.4 Å². The van der Waals surface area contributed by atoms with Crippen LogP contribution in [0.15, 0.2) is 41.8 Å². The molecule has 3 rings (SSSR count). The van der Waals surface area contributed by atoms with Gasteiger partial charge in [0.25, 0.3) is 0 Å². The number of nitrogens with zero attached hydrogens (tertiary/aromatic N) is 1. The van der Waals surface area contributed by atoms with Crippen LogP contribution in [0.2, 0.25) is 0 Å². The Hall–Kier alpha value is -2.84. The van der Waals surface area contributed by atoms with Gasteiger partial charge in [0.2, 0.25) is 11.7 Å². The Balaban J connectivity index is 1.74. The molecular weight excluding hydrogens is 420 g/mol. The number of nitrogens with one attached hydrogen (secondary N) is 1. The Morgan fingerprint density at radius 3 is 2.27 bits per heavy atom. The first kappa shape index (κ1) is 21.9. The number of rotatable bonds is 8. The maximum absolute atomic E-state index is 12.6. The molecule has 6 nitrogen and oxygen atoms in total. The molecule has 30 heavy (non-hydrogen) atoms. The van der Waals surface area contributed by atoms with Crippen LogP contribution in [0.4, 0.5) is 0 Å². The number of aryl methyl sites for hydroxylation is 1. The Kier molecular flexibility index (Phi) is 7.12. The van der Waals surface area contributed by atoms with Crippen molar-refractivity contribution in [1.29, 1.82) is 0 Å². The number of carbonyl (C=O) groups excluding carboxylic acids is 1. The van der Waals surface area contributed by atoms with Crippen molar-refractivity contribution in [2.24, 2.45) is 0 Å². The third-order valence-corrected chi connectivity index (χ3v) is 5.92. The van der Waals surface area contributed by atoms with Crippen molar-refractivity contribution in [2.75, 3.05) is 21.3 Å². The second-order valence-corrected chi connectivity index (χ2v) is 8.15. The number of carbonyl (C=O) groups is 1. The molecule has 0 saturated carbocycles. The average Bonchev–Trinajstić information content (AvgIpc) is 3.11. The molecule has 1 amide bonds. The van der Waals surface area contributed by atoms with Crippen LogP contribution in [0.1, 0.15) is 11.1 Å². The van der Waals surface area contributed by atoms with Crippen molar-refractivity contribution in [1.82, 2.24) is 9.88 Å². The van der Waals surface area contributed by atoms with Crippen molar-refractivity contribution in [2.45, 2.75) is 20.0 Å². The summed E-state index contributed by atoms with van der Waals surface area (Å²) in [6.07, 6.45) is 0. The summed E-state index contributed by atoms with van der Waals surface area (Å²) < 4.78 is 18.6. The molecule has 0 atom stereocenters. The molecule has 0 aliphatic carbocycles. The highest BCUT2D eigenvalue weighted by Gasteiger charge is 2.15. The lowest BCUT2D eigenvalue weighted by Crippen LogP contribution is -2.27. The number of thiazole rings is 1. The minimum absolute atomic E-state index is 0.133. The number of benzene rings is 2. The highest BCUT2D eigenvalue weighted by molar-refractivity contribution is 7.73. The smallest absolute Gasteiger partial charge is 0.240 e. The van der Waals surface area contributed by atoms with E-state index in [1.807, 2.05) is 53.3 Å². The molecule has 0 radical (unpaired) electrons. The van der Waals surface area contributed by atoms with Crippen molar-refractivity contribution >= 4 is 29.5 Å². The fourth-order valence-corrected chi connectivity index (χ4v) is 4.14. The topological polar surface area (TPSA) is 61.7 Å². The predicted octanol–water partition coefficient (Wildman–Crippen LogP) is 4.60. The van der Waals surface area contributed by atoms with Gasteiger partial charge in [-0.3, -0.25) is 4.79 Å². The zero-order valence-corrected chi connectivity index (χ0v) is 19.0. The van der Waals surface area contributed by atoms with E-state index in [2.05, 4.69) is 5.32 Å². The van der Waals surface area contributed by atoms with Gasteiger partial charge >= 0.3 is 0 Å². The number of amides is 1. The van der Waals surface area contributed by atoms with Crippen LogP contribution in [0.5, 0.6) is 17.2 Å². The fourth-order valence-electron chi connectivity index (χ4n) is 3.07. The molecule has 1 heterocycles. The van der Waals surface area contributed by atoms with E-state index in [4.69, 9.17) is 26.4 Å². The standard InChI is InChI=1S/C22H24N2O4S2/c1-14-5-7-16(8-6-14)17-13-30-22(29)24(17)12-20(25)23-11-15-9-18(26-2)21(28-4)19(10-15)27-3/h5-10,13H,11-12H2,1-4H3,(H,23,25). The first-order valence-electron chi connectivity index (χ1n) is 9.27. The van der Waals surface area contributed by atoms with Crippen LogP contribution in [0.3, 0.4) is 0 Å². The third kappa shape index (κ3) is 4.83. The van der Waals surface area contributed by atoms with Gasteiger partial charge in [-0.15, -0.1) is 11.3 Å². The Morgan fingerprint density at radius 1 is 1.07 bits per heavy atom. The summed E-state index contributed by atoms with van der Waals surface area (Å²) in [6, 6.07) is 11.8. The van der Waals surface area contributed by atoms with E-state index in [-0.39, 0.29) is 12.5 Å². The summed E-state index contributed by atoms with van der Waals surface area (Å²) in [5.74, 6) is 1.47. The maximum Gasteiger partial charge on any atom is 0.240 e. The molecule has 2 aromatic carbocycles. The van der Waals surface area contributed by atoms with Crippen molar-refractivity contribution < 1.29 is 19.0 Å². The molecule has 0 bridgehead atoms. The lowest BCUT2D eigenvalue weighted by Gasteiger charge is -2.15. The van der Waals surface area contributed by atoms with E-state index in [9.17, 15) is 4.79 Å². The lowest BCUT2D eigenvalue weighted by molar-refractivity contribution is -0.121. The van der Waals surface area contributed by atoms with Crippen molar-refractivity contribution in [3.63, 3.8) is 0 Å². The lowest BCUT2D eigenvalue weighted by atomic mass is 10.1. The first-order chi connectivity index (χ1) is 14.5. The van der Waals surface area contributed by atoms with Gasteiger partial charge in [-0.1, -0.05) is 29.8 Å². The van der Waals surface area contributed by atoms with Crippen LogP contribution in [-0.2, 0) is 17.9 Å². The third-order valence-electron chi connectivity index (χ3n) is 4.65. The molecule has 0 aliphatic rings. The average molecular weight is 445 g/mol. The normalized spacial score (nSPS) is 10.5. The zero-order chi connectivity index (χ0) is 21.7. The molecule has 8 heteroatoms. The van der Waals surface area contributed by atoms with Gasteiger partial charge in [0, 0.05) is 11.9 Å². The second kappa shape index (κ2) is 9.77. The summed E-state index contributed by atoms with van der Waals surface area (Å²) in [5, 5.41) is 4.92. The molecule has 1 N–H and O–H groups in total. The van der Waals surface area contributed by atoms with E-state index < -0.39 is 0 Å². The number of aromatic nitrogens is 1. The summed E-state index contributed by atoms with van der Waals surface area (Å²) in [5.41, 5.74) is 3.99. The molecule has 0 aliphatic heterocycles. The molecule has 0 saturated heterocycles. The number of methoxy groups -OCH3 is 3. The minimum Gasteiger partial charge on any atom is -0.493 e. The number of hydrogen-bond donors (Lipinski definition) is 1. The van der Waals surface area contributed by atoms with Crippen LogP contribution < -0.4 is 19.5 Å². The van der Waals surface area contributed by atoms with Crippen molar-refractivity contribution in [3.05, 3.63) is 56.9 Å². The Bertz CT molecular complexity index is 1060. The molecule has 1 aromatic heterocycles. The highest BCUT2D eigenvalue weighted by atomic mass is 32.1. The predicted molar refractivity (Wildman–Crippen MR) is 121 cm³/mol. The van der Waals surface area contributed by atoms with E-state index in [1.54, 1.807) is 21.3 Å². The van der Waals surface area contributed by atoms with Crippen LogP contribution in [-0.4, -0.2) is 31.8 Å². The van der Waals surface area contributed by atoms with E-state index >= 15 is 0 Å². The molecule has 0 spiro atoms. The van der Waals surface area contributed by atoms with Crippen LogP contribution in [0.25, 0.3) is 11.3 Å². The van der Waals surface area contributed by atoms with E-state index in [1.165, 1.54) is 16.9 Å². The Morgan fingerprint density at radius 2 is 1.70 bits per heavy atom. The van der Waals surface area contributed by atoms with Crippen molar-refractivity contribution in [3.8, 4) is 28.5 Å². The molecule has 0 unspecified atom stereocenters. The Labute approximate surface area is 185 Å². The van der Waals surface area contributed by atoms with Gasteiger partial charge in [-0.25, -0.2) is 0 Å². The van der Waals surface area contributed by atoms with Gasteiger partial charge in [-0.2, -0.15) is 0 Å². The van der Waals surface area contributed by atoms with Crippen LogP contribution >= 0.6 is 23.6 Å². The number of ether oxygens (including phenoxy) is 3.